The topological polar surface area (TPSA) is 80.4 Å². The molecule has 0 radical (unpaired) electrons. The fraction of sp³-hybridized carbons (Fsp3) is 0.500. The molecule has 1 aromatic heterocycles. The van der Waals surface area contributed by atoms with E-state index in [0.29, 0.717) is 18.6 Å². The summed E-state index contributed by atoms with van der Waals surface area (Å²) in [6, 6.07) is 0. The molecular weight excluding hydrogens is 198 g/mol. The monoisotopic (exact) mass is 209 g/mol. The molecule has 0 bridgehead atoms. The quantitative estimate of drug-likeness (QED) is 0.758. The van der Waals surface area contributed by atoms with Gasteiger partial charge in [0.25, 0.3) is 0 Å². The van der Waals surface area contributed by atoms with Crippen LogP contribution in [0, 0.1) is 5.41 Å². The molecule has 2 rings (SSSR count). The zero-order valence-corrected chi connectivity index (χ0v) is 8.53. The Labute approximate surface area is 86.1 Å². The Kier molecular flexibility index (Phi) is 1.92. The lowest BCUT2D eigenvalue weighted by Gasteiger charge is -2.26. The minimum atomic E-state index is -1.21. The summed E-state index contributed by atoms with van der Waals surface area (Å²) >= 11 is 0. The summed E-state index contributed by atoms with van der Waals surface area (Å²) in [7, 11) is 0. The van der Waals surface area contributed by atoms with Crippen molar-refractivity contribution in [2.24, 2.45) is 5.41 Å². The van der Waals surface area contributed by atoms with Crippen LogP contribution in [0.2, 0.25) is 0 Å². The smallest absolute Gasteiger partial charge is 0.358 e. The predicted molar refractivity (Wildman–Crippen MR) is 49.9 cm³/mol. The van der Waals surface area contributed by atoms with E-state index in [1.807, 2.05) is 13.8 Å². The number of fused-ring (bicyclic) bond motifs is 1. The number of carbonyl (C=O) groups excluding carboxylic acids is 1. The minimum Gasteiger partial charge on any atom is -0.476 e. The lowest BCUT2D eigenvalue weighted by Crippen LogP contribution is -2.27. The van der Waals surface area contributed by atoms with Gasteiger partial charge in [0.15, 0.2) is 5.78 Å². The first kappa shape index (κ1) is 9.89. The zero-order chi connectivity index (χ0) is 11.2. The fourth-order valence-electron chi connectivity index (χ4n) is 1.90. The van der Waals surface area contributed by atoms with Crippen molar-refractivity contribution in [2.75, 3.05) is 0 Å². The van der Waals surface area contributed by atoms with Crippen LogP contribution in [0.1, 0.15) is 46.9 Å². The molecule has 0 fully saturated rings. The van der Waals surface area contributed by atoms with E-state index in [4.69, 9.17) is 9.63 Å². The van der Waals surface area contributed by atoms with Gasteiger partial charge in [0.05, 0.1) is 5.56 Å². The predicted octanol–water partition coefficient (Wildman–Crippen LogP) is 1.53. The van der Waals surface area contributed by atoms with Gasteiger partial charge in [-0.1, -0.05) is 19.0 Å². The molecule has 0 saturated carbocycles. The lowest BCUT2D eigenvalue weighted by atomic mass is 9.76. The Bertz CT molecular complexity index is 444. The van der Waals surface area contributed by atoms with Gasteiger partial charge < -0.3 is 9.63 Å². The number of ketones is 1. The molecule has 0 amide bonds. The summed E-state index contributed by atoms with van der Waals surface area (Å²) in [5.74, 6) is -1.01. The van der Waals surface area contributed by atoms with E-state index in [1.54, 1.807) is 0 Å². The van der Waals surface area contributed by atoms with Gasteiger partial charge in [0, 0.05) is 12.8 Å². The van der Waals surface area contributed by atoms with Gasteiger partial charge in [-0.3, -0.25) is 4.79 Å². The van der Waals surface area contributed by atoms with Crippen molar-refractivity contribution in [3.8, 4) is 0 Å². The van der Waals surface area contributed by atoms with E-state index in [9.17, 15) is 9.59 Å². The molecule has 15 heavy (non-hydrogen) atoms. The average molecular weight is 209 g/mol. The maximum absolute atomic E-state index is 11.7. The number of hydrogen-bond donors (Lipinski definition) is 1. The Morgan fingerprint density at radius 1 is 1.47 bits per heavy atom. The van der Waals surface area contributed by atoms with Gasteiger partial charge in [-0.15, -0.1) is 0 Å². The Balaban J connectivity index is 2.53. The number of aromatic nitrogens is 1. The molecule has 0 aromatic carbocycles. The largest absolute Gasteiger partial charge is 0.476 e. The fourth-order valence-corrected chi connectivity index (χ4v) is 1.90. The maximum atomic E-state index is 11.7. The number of Topliss-reactive ketones (excluding diaryl/α,β-unsaturated/α-hetero) is 1. The average Bonchev–Trinajstić information content (AvgIpc) is 2.45. The standard InChI is InChI=1S/C10H11NO4/c1-10(2)3-5(12)7-6(4-10)15-11-8(7)9(13)14/h3-4H2,1-2H3,(H,13,14). The number of nitrogens with zero attached hydrogens (tertiary/aromatic N) is 1. The number of rotatable bonds is 1. The second-order valence-electron chi connectivity index (χ2n) is 4.58. The lowest BCUT2D eigenvalue weighted by molar-refractivity contribution is 0.0680. The van der Waals surface area contributed by atoms with Crippen LogP contribution in [0.4, 0.5) is 0 Å². The highest BCUT2D eigenvalue weighted by atomic mass is 16.5. The van der Waals surface area contributed by atoms with Crippen LogP contribution in [0.3, 0.4) is 0 Å². The first-order valence-corrected chi connectivity index (χ1v) is 4.66. The SMILES string of the molecule is CC1(C)CC(=O)c2c(C(=O)O)noc2C1. The molecule has 1 aliphatic carbocycles. The first-order chi connectivity index (χ1) is 6.91. The third kappa shape index (κ3) is 1.54. The van der Waals surface area contributed by atoms with E-state index < -0.39 is 5.97 Å². The molecule has 1 aromatic rings. The molecule has 1 heterocycles. The molecule has 0 spiro atoms. The van der Waals surface area contributed by atoms with Gasteiger partial charge >= 0.3 is 5.97 Å². The van der Waals surface area contributed by atoms with Crippen molar-refractivity contribution in [1.29, 1.82) is 0 Å². The van der Waals surface area contributed by atoms with Crippen molar-refractivity contribution in [2.45, 2.75) is 26.7 Å². The number of carboxylic acids is 1. The van der Waals surface area contributed by atoms with E-state index in [0.717, 1.165) is 0 Å². The Morgan fingerprint density at radius 3 is 2.73 bits per heavy atom. The summed E-state index contributed by atoms with van der Waals surface area (Å²) < 4.78 is 4.90. The van der Waals surface area contributed by atoms with Gasteiger partial charge in [-0.05, 0) is 5.41 Å². The number of carbonyl (C=O) groups is 2. The second kappa shape index (κ2) is 2.92. The third-order valence-corrected chi connectivity index (χ3v) is 2.52. The number of carboxylic acid groups (broad SMARTS) is 1. The highest BCUT2D eigenvalue weighted by Gasteiger charge is 2.37. The number of hydrogen-bond acceptors (Lipinski definition) is 4. The van der Waals surface area contributed by atoms with Gasteiger partial charge in [-0.25, -0.2) is 4.79 Å². The summed E-state index contributed by atoms with van der Waals surface area (Å²) in [5, 5.41) is 12.2. The van der Waals surface area contributed by atoms with Crippen LogP contribution >= 0.6 is 0 Å². The third-order valence-electron chi connectivity index (χ3n) is 2.52. The molecule has 1 aliphatic rings. The highest BCUT2D eigenvalue weighted by molar-refractivity contribution is 6.06. The summed E-state index contributed by atoms with van der Waals surface area (Å²) in [5.41, 5.74) is -0.285. The van der Waals surface area contributed by atoms with Crippen LogP contribution in [-0.4, -0.2) is 22.0 Å². The second-order valence-corrected chi connectivity index (χ2v) is 4.58. The van der Waals surface area contributed by atoms with Crippen molar-refractivity contribution in [1.82, 2.24) is 5.16 Å². The molecule has 0 atom stereocenters. The Hall–Kier alpha value is -1.65. The molecule has 0 saturated heterocycles. The van der Waals surface area contributed by atoms with Crippen molar-refractivity contribution in [3.05, 3.63) is 17.0 Å². The van der Waals surface area contributed by atoms with Crippen LogP contribution in [0.25, 0.3) is 0 Å². The van der Waals surface area contributed by atoms with Crippen molar-refractivity contribution in [3.63, 3.8) is 0 Å². The van der Waals surface area contributed by atoms with E-state index in [-0.39, 0.29) is 22.5 Å². The molecule has 0 unspecified atom stereocenters. The summed E-state index contributed by atoms with van der Waals surface area (Å²) in [6.07, 6.45) is 0.885. The van der Waals surface area contributed by atoms with Crippen LogP contribution < -0.4 is 0 Å². The Morgan fingerprint density at radius 2 is 2.13 bits per heavy atom. The molecule has 80 valence electrons. The molecule has 5 heteroatoms. The van der Waals surface area contributed by atoms with Crippen molar-refractivity contribution < 1.29 is 19.2 Å². The molecule has 5 nitrogen and oxygen atoms in total. The first-order valence-electron chi connectivity index (χ1n) is 4.66. The summed E-state index contributed by atoms with van der Waals surface area (Å²) in [6.45, 7) is 3.88. The molecular formula is C10H11NO4. The summed E-state index contributed by atoms with van der Waals surface area (Å²) in [4.78, 5) is 22.5. The molecule has 1 N–H and O–H groups in total. The van der Waals surface area contributed by atoms with Crippen molar-refractivity contribution >= 4 is 11.8 Å². The number of aromatic carboxylic acids is 1. The van der Waals surface area contributed by atoms with Crippen LogP contribution in [0.15, 0.2) is 4.52 Å². The maximum Gasteiger partial charge on any atom is 0.358 e. The van der Waals surface area contributed by atoms with Gasteiger partial charge in [-0.2, -0.15) is 0 Å². The van der Waals surface area contributed by atoms with E-state index in [2.05, 4.69) is 5.16 Å². The van der Waals surface area contributed by atoms with E-state index >= 15 is 0 Å². The van der Waals surface area contributed by atoms with Crippen LogP contribution in [-0.2, 0) is 6.42 Å². The van der Waals surface area contributed by atoms with Gasteiger partial charge in [0.1, 0.15) is 5.76 Å². The van der Waals surface area contributed by atoms with Crippen LogP contribution in [0.5, 0.6) is 0 Å². The zero-order valence-electron chi connectivity index (χ0n) is 8.53. The van der Waals surface area contributed by atoms with Gasteiger partial charge in [0.2, 0.25) is 5.69 Å². The minimum absolute atomic E-state index is 0.154. The molecule has 0 aliphatic heterocycles. The highest BCUT2D eigenvalue weighted by Crippen LogP contribution is 2.35. The normalized spacial score (nSPS) is 18.7. The van der Waals surface area contributed by atoms with E-state index in [1.165, 1.54) is 0 Å².